The number of ether oxygens (including phenoxy) is 1. The second-order valence-corrected chi connectivity index (χ2v) is 7.58. The Bertz CT molecular complexity index is 1200. The Hall–Kier alpha value is -3.45. The minimum Gasteiger partial charge on any atom is -0.480 e. The van der Waals surface area contributed by atoms with Crippen molar-refractivity contribution < 1.29 is 19.4 Å². The molecular formula is C23H21ClN2O5. The van der Waals surface area contributed by atoms with Gasteiger partial charge in [0, 0.05) is 23.1 Å². The molecule has 0 aliphatic rings. The minimum atomic E-state index is -1.23. The molecule has 31 heavy (non-hydrogen) atoms. The van der Waals surface area contributed by atoms with E-state index in [1.165, 1.54) is 20.1 Å². The molecule has 1 atom stereocenters. The van der Waals surface area contributed by atoms with Crippen LogP contribution in [0.2, 0.25) is 5.02 Å². The van der Waals surface area contributed by atoms with E-state index in [1.54, 1.807) is 18.2 Å². The predicted molar refractivity (Wildman–Crippen MR) is 117 cm³/mol. The standard InChI is InChI=1S/C23H21ClN2O5/c1-13-4-6-15(7-5-13)10-20(23(29)30)26-21(28)12-19(22(25-26)31-3)18-11-16(24)8-9-17(18)14(2)27/h4-9,11-12,20H,10H2,1-3H3,(H,29,30). The van der Waals surface area contributed by atoms with Gasteiger partial charge in [-0.15, -0.1) is 5.10 Å². The molecule has 0 bridgehead atoms. The first-order valence-electron chi connectivity index (χ1n) is 9.48. The number of nitrogens with zero attached hydrogens (tertiary/aromatic N) is 2. The zero-order valence-corrected chi connectivity index (χ0v) is 18.0. The number of methoxy groups -OCH3 is 1. The number of hydrogen-bond donors (Lipinski definition) is 1. The van der Waals surface area contributed by atoms with Crippen LogP contribution in [0.3, 0.4) is 0 Å². The first-order valence-corrected chi connectivity index (χ1v) is 9.86. The molecule has 0 spiro atoms. The van der Waals surface area contributed by atoms with Gasteiger partial charge in [-0.05, 0) is 43.2 Å². The number of halogens is 1. The lowest BCUT2D eigenvalue weighted by Gasteiger charge is -2.18. The monoisotopic (exact) mass is 440 g/mol. The predicted octanol–water partition coefficient (Wildman–Crippen LogP) is 3.95. The van der Waals surface area contributed by atoms with Gasteiger partial charge in [-0.2, -0.15) is 0 Å². The highest BCUT2D eigenvalue weighted by molar-refractivity contribution is 6.31. The van der Waals surface area contributed by atoms with E-state index in [-0.39, 0.29) is 23.6 Å². The van der Waals surface area contributed by atoms with Gasteiger partial charge in [-0.3, -0.25) is 9.59 Å². The van der Waals surface area contributed by atoms with Gasteiger partial charge in [0.05, 0.1) is 12.7 Å². The van der Waals surface area contributed by atoms with E-state index in [2.05, 4.69) is 5.10 Å². The van der Waals surface area contributed by atoms with Crippen LogP contribution in [0.5, 0.6) is 5.88 Å². The summed E-state index contributed by atoms with van der Waals surface area (Å²) in [6.45, 7) is 3.33. The first kappa shape index (κ1) is 22.2. The highest BCUT2D eigenvalue weighted by atomic mass is 35.5. The molecule has 1 aromatic heterocycles. The van der Waals surface area contributed by atoms with Crippen molar-refractivity contribution in [3.05, 3.63) is 80.6 Å². The quantitative estimate of drug-likeness (QED) is 0.558. The second kappa shape index (κ2) is 9.14. The number of carboxylic acid groups (broad SMARTS) is 1. The Morgan fingerprint density at radius 3 is 2.39 bits per heavy atom. The number of benzene rings is 2. The van der Waals surface area contributed by atoms with Gasteiger partial charge in [0.2, 0.25) is 5.88 Å². The molecule has 7 nitrogen and oxygen atoms in total. The van der Waals surface area contributed by atoms with Crippen molar-refractivity contribution in [2.75, 3.05) is 7.11 Å². The molecule has 160 valence electrons. The number of Topliss-reactive ketones (excluding diaryl/α,β-unsaturated/α-hetero) is 1. The number of carboxylic acids is 1. The van der Waals surface area contributed by atoms with Crippen molar-refractivity contribution in [1.82, 2.24) is 9.78 Å². The molecule has 8 heteroatoms. The van der Waals surface area contributed by atoms with E-state index >= 15 is 0 Å². The fourth-order valence-corrected chi connectivity index (χ4v) is 3.46. The van der Waals surface area contributed by atoms with E-state index in [0.717, 1.165) is 15.8 Å². The maximum atomic E-state index is 12.9. The number of hydrogen-bond acceptors (Lipinski definition) is 5. The van der Waals surface area contributed by atoms with Gasteiger partial charge in [-0.25, -0.2) is 9.48 Å². The maximum Gasteiger partial charge on any atom is 0.329 e. The zero-order valence-electron chi connectivity index (χ0n) is 17.3. The topological polar surface area (TPSA) is 98.5 Å². The lowest BCUT2D eigenvalue weighted by atomic mass is 9.98. The van der Waals surface area contributed by atoms with Gasteiger partial charge in [0.25, 0.3) is 5.56 Å². The van der Waals surface area contributed by atoms with E-state index in [9.17, 15) is 19.5 Å². The van der Waals surface area contributed by atoms with Gasteiger partial charge >= 0.3 is 5.97 Å². The third kappa shape index (κ3) is 4.83. The Balaban J connectivity index is 2.13. The normalized spacial score (nSPS) is 11.7. The van der Waals surface area contributed by atoms with Gasteiger partial charge in [0.1, 0.15) is 0 Å². The van der Waals surface area contributed by atoms with Crippen LogP contribution in [0.1, 0.15) is 34.5 Å². The highest BCUT2D eigenvalue weighted by Gasteiger charge is 2.25. The number of ketones is 1. The Morgan fingerprint density at radius 1 is 1.13 bits per heavy atom. The summed E-state index contributed by atoms with van der Waals surface area (Å²) in [6, 6.07) is 12.0. The van der Waals surface area contributed by atoms with Crippen molar-refractivity contribution in [1.29, 1.82) is 0 Å². The van der Waals surface area contributed by atoms with E-state index < -0.39 is 17.6 Å². The molecule has 0 aliphatic heterocycles. The molecule has 1 unspecified atom stereocenters. The molecular weight excluding hydrogens is 420 g/mol. The van der Waals surface area contributed by atoms with Gasteiger partial charge in [-0.1, -0.05) is 41.4 Å². The summed E-state index contributed by atoms with van der Waals surface area (Å²) in [5, 5.41) is 14.3. The zero-order chi connectivity index (χ0) is 22.7. The maximum absolute atomic E-state index is 12.9. The summed E-state index contributed by atoms with van der Waals surface area (Å²) in [7, 11) is 1.36. The number of aliphatic carboxylic acids is 1. The summed E-state index contributed by atoms with van der Waals surface area (Å²) in [6.07, 6.45) is 0.0703. The molecule has 3 aromatic rings. The van der Waals surface area contributed by atoms with E-state index in [0.29, 0.717) is 16.1 Å². The molecule has 0 saturated heterocycles. The molecule has 3 rings (SSSR count). The van der Waals surface area contributed by atoms with Crippen molar-refractivity contribution >= 4 is 23.4 Å². The second-order valence-electron chi connectivity index (χ2n) is 7.14. The third-order valence-electron chi connectivity index (χ3n) is 4.90. The SMILES string of the molecule is COc1nn(C(Cc2ccc(C)cc2)C(=O)O)c(=O)cc1-c1cc(Cl)ccc1C(C)=O. The molecule has 0 amide bonds. The average Bonchev–Trinajstić information content (AvgIpc) is 2.73. The average molecular weight is 441 g/mol. The summed E-state index contributed by atoms with van der Waals surface area (Å²) in [5.74, 6) is -1.41. The molecule has 1 N–H and O–H groups in total. The number of aryl methyl sites for hydroxylation is 1. The Morgan fingerprint density at radius 2 is 1.81 bits per heavy atom. The summed E-state index contributed by atoms with van der Waals surface area (Å²) >= 11 is 6.10. The number of aromatic nitrogens is 2. The van der Waals surface area contributed by atoms with Gasteiger partial charge < -0.3 is 9.84 Å². The Labute approximate surface area is 183 Å². The molecule has 0 radical (unpaired) electrons. The van der Waals surface area contributed by atoms with Crippen LogP contribution in [0, 0.1) is 6.92 Å². The smallest absolute Gasteiger partial charge is 0.329 e. The lowest BCUT2D eigenvalue weighted by Crippen LogP contribution is -2.33. The van der Waals surface area contributed by atoms with Crippen LogP contribution < -0.4 is 10.3 Å². The molecule has 0 aliphatic carbocycles. The highest BCUT2D eigenvalue weighted by Crippen LogP contribution is 2.32. The molecule has 0 fully saturated rings. The van der Waals surface area contributed by atoms with E-state index in [4.69, 9.17) is 16.3 Å². The van der Waals surface area contributed by atoms with Crippen LogP contribution in [0.15, 0.2) is 53.3 Å². The lowest BCUT2D eigenvalue weighted by molar-refractivity contribution is -0.141. The fraction of sp³-hybridized carbons (Fsp3) is 0.217. The van der Waals surface area contributed by atoms with Crippen molar-refractivity contribution in [3.8, 4) is 17.0 Å². The van der Waals surface area contributed by atoms with Crippen LogP contribution in [-0.4, -0.2) is 33.7 Å². The first-order chi connectivity index (χ1) is 14.7. The third-order valence-corrected chi connectivity index (χ3v) is 5.13. The van der Waals surface area contributed by atoms with Crippen molar-refractivity contribution in [2.24, 2.45) is 0 Å². The fourth-order valence-electron chi connectivity index (χ4n) is 3.29. The number of carbonyl (C=O) groups is 2. The van der Waals surface area contributed by atoms with Gasteiger partial charge in [0.15, 0.2) is 11.8 Å². The minimum absolute atomic E-state index is 0.0134. The Kier molecular flexibility index (Phi) is 6.56. The summed E-state index contributed by atoms with van der Waals surface area (Å²) < 4.78 is 6.24. The van der Waals surface area contributed by atoms with Crippen LogP contribution in [0.4, 0.5) is 0 Å². The van der Waals surface area contributed by atoms with Crippen LogP contribution in [0.25, 0.3) is 11.1 Å². The number of rotatable bonds is 7. The summed E-state index contributed by atoms with van der Waals surface area (Å²) in [4.78, 5) is 36.9. The van der Waals surface area contributed by atoms with Crippen LogP contribution in [-0.2, 0) is 11.2 Å². The van der Waals surface area contributed by atoms with E-state index in [1.807, 2.05) is 31.2 Å². The van der Waals surface area contributed by atoms with Crippen molar-refractivity contribution in [3.63, 3.8) is 0 Å². The molecule has 0 saturated carbocycles. The van der Waals surface area contributed by atoms with Crippen LogP contribution >= 0.6 is 11.6 Å². The molecule has 1 heterocycles. The number of carbonyl (C=O) groups excluding carboxylic acids is 1. The molecule has 2 aromatic carbocycles. The van der Waals surface area contributed by atoms with Crippen molar-refractivity contribution in [2.45, 2.75) is 26.3 Å². The summed E-state index contributed by atoms with van der Waals surface area (Å²) in [5.41, 5.74) is 2.15. The largest absolute Gasteiger partial charge is 0.480 e.